The summed E-state index contributed by atoms with van der Waals surface area (Å²) >= 11 is 0. The summed E-state index contributed by atoms with van der Waals surface area (Å²) in [4.78, 5) is 11.6. The number of azide groups is 1. The highest BCUT2D eigenvalue weighted by Gasteiger charge is 2.17. The second kappa shape index (κ2) is 12.9. The fraction of sp³-hybridized carbons (Fsp3) is 0.118. The molecule has 0 aliphatic rings. The van der Waals surface area contributed by atoms with Gasteiger partial charge in [0.1, 0.15) is 34.3 Å². The molecular weight excluding hydrogens is 568 g/mol. The van der Waals surface area contributed by atoms with Crippen molar-refractivity contribution in [2.75, 3.05) is 0 Å². The number of nitrogens with two attached hydrogens (primary N) is 1. The van der Waals surface area contributed by atoms with E-state index in [0.29, 0.717) is 38.9 Å². The van der Waals surface area contributed by atoms with E-state index in [-0.39, 0.29) is 22.9 Å². The van der Waals surface area contributed by atoms with Crippen LogP contribution in [0.25, 0.3) is 54.8 Å². The first-order valence-electron chi connectivity index (χ1n) is 13.7. The van der Waals surface area contributed by atoms with E-state index >= 15 is 0 Å². The van der Waals surface area contributed by atoms with Gasteiger partial charge in [0.2, 0.25) is 0 Å². The van der Waals surface area contributed by atoms with Gasteiger partial charge in [0, 0.05) is 32.9 Å². The summed E-state index contributed by atoms with van der Waals surface area (Å²) in [6.45, 7) is 3.54. The molecule has 0 saturated heterocycles. The van der Waals surface area contributed by atoms with E-state index in [9.17, 15) is 17.6 Å². The molecule has 6 rings (SSSR count). The molecule has 0 fully saturated rings. The van der Waals surface area contributed by atoms with Crippen molar-refractivity contribution in [1.29, 1.82) is 0 Å². The summed E-state index contributed by atoms with van der Waals surface area (Å²) in [5.74, 6) is -1.64. The molecule has 4 aromatic carbocycles. The first-order chi connectivity index (χ1) is 21.2. The fourth-order valence-electron chi connectivity index (χ4n) is 4.90. The molecule has 0 saturated carbocycles. The summed E-state index contributed by atoms with van der Waals surface area (Å²) in [7, 11) is 0. The lowest BCUT2D eigenvalue weighted by atomic mass is 9.99. The van der Waals surface area contributed by atoms with Crippen molar-refractivity contribution in [2.24, 2.45) is 10.8 Å². The standard InChI is InChI=1S/C17H12F2N4.C17H14F2N2/c1-10(22-23-20)14-9-12-5-3-7-15(19)17(12)21-16(14)11-4-2-6-13(18)8-11;1-10(20)14-9-12-5-3-7-15(19)17(12)21-16(14)11-4-2-6-13(18)8-11/h2-10H,1H3;2-10H,20H2,1H3/t;10-/m.0/s1. The molecule has 0 amide bonds. The van der Waals surface area contributed by atoms with Crippen LogP contribution in [-0.2, 0) is 0 Å². The molecular formula is C34H26F4N6. The second-order valence-corrected chi connectivity index (χ2v) is 10.2. The monoisotopic (exact) mass is 594 g/mol. The van der Waals surface area contributed by atoms with E-state index in [1.54, 1.807) is 61.5 Å². The predicted molar refractivity (Wildman–Crippen MR) is 164 cm³/mol. The van der Waals surface area contributed by atoms with Crippen LogP contribution in [0.2, 0.25) is 0 Å². The Bertz CT molecular complexity index is 2040. The molecule has 220 valence electrons. The fourth-order valence-corrected chi connectivity index (χ4v) is 4.90. The normalized spacial score (nSPS) is 12.2. The minimum Gasteiger partial charge on any atom is -0.324 e. The topological polar surface area (TPSA) is 101 Å². The van der Waals surface area contributed by atoms with Crippen LogP contribution >= 0.6 is 0 Å². The largest absolute Gasteiger partial charge is 0.324 e. The first-order valence-corrected chi connectivity index (χ1v) is 13.7. The van der Waals surface area contributed by atoms with Crippen LogP contribution in [0.1, 0.15) is 37.1 Å². The van der Waals surface area contributed by atoms with Crippen molar-refractivity contribution in [3.05, 3.63) is 142 Å². The van der Waals surface area contributed by atoms with E-state index in [4.69, 9.17) is 11.3 Å². The zero-order valence-electron chi connectivity index (χ0n) is 23.7. The molecule has 2 aromatic heterocycles. The lowest BCUT2D eigenvalue weighted by molar-refractivity contribution is 0.627. The number of hydrogen-bond acceptors (Lipinski definition) is 4. The van der Waals surface area contributed by atoms with Gasteiger partial charge in [-0.25, -0.2) is 27.5 Å². The Labute approximate surface area is 250 Å². The van der Waals surface area contributed by atoms with Gasteiger partial charge in [0.25, 0.3) is 0 Å². The van der Waals surface area contributed by atoms with Crippen molar-refractivity contribution in [3.63, 3.8) is 0 Å². The van der Waals surface area contributed by atoms with Gasteiger partial charge in [-0.2, -0.15) is 0 Å². The van der Waals surface area contributed by atoms with Gasteiger partial charge >= 0.3 is 0 Å². The number of nitrogens with zero attached hydrogens (tertiary/aromatic N) is 5. The number of fused-ring (bicyclic) bond motifs is 2. The maximum Gasteiger partial charge on any atom is 0.149 e. The molecule has 10 heteroatoms. The van der Waals surface area contributed by atoms with E-state index < -0.39 is 23.5 Å². The molecule has 0 bridgehead atoms. The lowest BCUT2D eigenvalue weighted by Gasteiger charge is -2.14. The third-order valence-electron chi connectivity index (χ3n) is 7.01. The summed E-state index contributed by atoms with van der Waals surface area (Å²) in [5, 5.41) is 4.97. The molecule has 1 unspecified atom stereocenters. The first kappa shape index (κ1) is 30.2. The predicted octanol–water partition coefficient (Wildman–Crippen LogP) is 9.75. The van der Waals surface area contributed by atoms with Crippen molar-refractivity contribution in [2.45, 2.75) is 25.9 Å². The van der Waals surface area contributed by atoms with Crippen LogP contribution in [0, 0.1) is 23.3 Å². The Balaban J connectivity index is 0.000000175. The Hall–Kier alpha value is -5.31. The Morgan fingerprint density at radius 3 is 1.57 bits per heavy atom. The van der Waals surface area contributed by atoms with E-state index in [1.165, 1.54) is 36.4 Å². The van der Waals surface area contributed by atoms with Gasteiger partial charge < -0.3 is 5.73 Å². The highest BCUT2D eigenvalue weighted by molar-refractivity contribution is 5.85. The van der Waals surface area contributed by atoms with Crippen LogP contribution < -0.4 is 5.73 Å². The maximum absolute atomic E-state index is 14.0. The zero-order chi connectivity index (χ0) is 31.4. The van der Waals surface area contributed by atoms with Crippen molar-refractivity contribution < 1.29 is 17.6 Å². The van der Waals surface area contributed by atoms with Gasteiger partial charge in [-0.15, -0.1) is 0 Å². The van der Waals surface area contributed by atoms with Crippen LogP contribution in [-0.4, -0.2) is 9.97 Å². The molecule has 44 heavy (non-hydrogen) atoms. The highest BCUT2D eigenvalue weighted by Crippen LogP contribution is 2.33. The van der Waals surface area contributed by atoms with Gasteiger partial charge in [-0.1, -0.05) is 60.6 Å². The quantitative estimate of drug-likeness (QED) is 0.0930. The van der Waals surface area contributed by atoms with Crippen LogP contribution in [0.3, 0.4) is 0 Å². The molecule has 6 aromatic rings. The van der Waals surface area contributed by atoms with E-state index in [0.717, 1.165) is 5.56 Å². The molecule has 2 N–H and O–H groups in total. The molecule has 2 atom stereocenters. The zero-order valence-corrected chi connectivity index (χ0v) is 23.7. The summed E-state index contributed by atoms with van der Waals surface area (Å²) in [6.07, 6.45) is 0. The average Bonchev–Trinajstić information content (AvgIpc) is 3.01. The Kier molecular flexibility index (Phi) is 8.85. The second-order valence-electron chi connectivity index (χ2n) is 10.2. The number of halogens is 4. The average molecular weight is 595 g/mol. The van der Waals surface area contributed by atoms with Crippen molar-refractivity contribution in [3.8, 4) is 22.5 Å². The number of benzene rings is 4. The minimum absolute atomic E-state index is 0.198. The van der Waals surface area contributed by atoms with Gasteiger partial charge in [0.05, 0.1) is 17.4 Å². The van der Waals surface area contributed by atoms with E-state index in [1.807, 2.05) is 13.0 Å². The van der Waals surface area contributed by atoms with Crippen LogP contribution in [0.5, 0.6) is 0 Å². The molecule has 0 aliphatic heterocycles. The smallest absolute Gasteiger partial charge is 0.149 e. The molecule has 0 spiro atoms. The molecule has 0 aliphatic carbocycles. The number of hydrogen-bond donors (Lipinski definition) is 1. The van der Waals surface area contributed by atoms with Crippen molar-refractivity contribution >= 4 is 21.8 Å². The van der Waals surface area contributed by atoms with E-state index in [2.05, 4.69) is 20.0 Å². The Morgan fingerprint density at radius 1 is 0.659 bits per heavy atom. The van der Waals surface area contributed by atoms with Crippen LogP contribution in [0.4, 0.5) is 17.6 Å². The summed E-state index contributed by atoms with van der Waals surface area (Å²) in [6, 6.07) is 24.1. The third-order valence-corrected chi connectivity index (χ3v) is 7.01. The number of aromatic nitrogens is 2. The molecule has 2 heterocycles. The number of pyridine rings is 2. The SMILES string of the molecule is CC(N=[N+]=[N-])c1cc2cccc(F)c2nc1-c1cccc(F)c1.C[C@H](N)c1cc2cccc(F)c2nc1-c1cccc(F)c1. The van der Waals surface area contributed by atoms with Crippen LogP contribution in [0.15, 0.2) is 102 Å². The Morgan fingerprint density at radius 2 is 1.11 bits per heavy atom. The van der Waals surface area contributed by atoms with Crippen molar-refractivity contribution in [1.82, 2.24) is 9.97 Å². The number of rotatable bonds is 5. The minimum atomic E-state index is -0.515. The van der Waals surface area contributed by atoms with Gasteiger partial charge in [-0.05, 0) is 72.1 Å². The number of para-hydroxylation sites is 2. The molecule has 6 nitrogen and oxygen atoms in total. The lowest BCUT2D eigenvalue weighted by Crippen LogP contribution is -2.08. The summed E-state index contributed by atoms with van der Waals surface area (Å²) in [5.41, 5.74) is 18.5. The summed E-state index contributed by atoms with van der Waals surface area (Å²) < 4.78 is 54.9. The molecule has 0 radical (unpaired) electrons. The van der Waals surface area contributed by atoms with Gasteiger partial charge in [0.15, 0.2) is 0 Å². The van der Waals surface area contributed by atoms with Gasteiger partial charge in [-0.3, -0.25) is 0 Å². The highest BCUT2D eigenvalue weighted by atomic mass is 19.1. The maximum atomic E-state index is 14.0. The third kappa shape index (κ3) is 6.36.